The van der Waals surface area contributed by atoms with Crippen LogP contribution in [0.3, 0.4) is 0 Å². The van der Waals surface area contributed by atoms with E-state index in [9.17, 15) is 79.4 Å². The molecule has 0 saturated carbocycles. The molecule has 0 aliphatic carbocycles. The van der Waals surface area contributed by atoms with E-state index in [1.165, 1.54) is 0 Å². The topological polar surface area (TPSA) is 49.3 Å². The molecule has 0 aliphatic rings. The first-order chi connectivity index (χ1) is 14.2. The van der Waals surface area contributed by atoms with Crippen molar-refractivity contribution in [3.05, 3.63) is 0 Å². The highest BCUT2D eigenvalue weighted by Gasteiger charge is 2.95. The smallest absolute Gasteiger partial charge is 0.396 e. The molecule has 0 bridgehead atoms. The Morgan fingerprint density at radius 3 is 1.21 bits per heavy atom. The monoisotopic (exact) mass is 535 g/mol. The second-order valence-electron chi connectivity index (χ2n) is 6.21. The second-order valence-corrected chi connectivity index (χ2v) is 6.21. The number of carbonyl (C=O) groups is 1. The first kappa shape index (κ1) is 31.2. The Morgan fingerprint density at radius 2 is 0.879 bits per heavy atom. The maximum absolute atomic E-state index is 13.5. The van der Waals surface area contributed by atoms with E-state index in [0.29, 0.717) is 0 Å². The number of unbranched alkanes of at least 4 members (excludes halogenated alkanes) is 1. The number of rotatable bonds is 11. The second kappa shape index (κ2) is 8.79. The highest BCUT2D eigenvalue weighted by molar-refractivity contribution is 5.84. The summed E-state index contributed by atoms with van der Waals surface area (Å²) in [6, 6.07) is 0. The SMILES string of the molecule is O=C(NCCCCO)C(F)(F)C(F)(F)C(F)(F)C(F)(F)C(F)(F)C(F)(F)C(F)(F)C(F)(F)F. The number of hydrogen-bond acceptors (Lipinski definition) is 2. The van der Waals surface area contributed by atoms with Gasteiger partial charge in [-0.3, -0.25) is 4.79 Å². The maximum atomic E-state index is 13.5. The Balaban J connectivity index is 6.45. The van der Waals surface area contributed by atoms with Gasteiger partial charge in [0.05, 0.1) is 0 Å². The van der Waals surface area contributed by atoms with Crippen molar-refractivity contribution in [2.75, 3.05) is 13.2 Å². The number of alkyl halides is 17. The van der Waals surface area contributed by atoms with Gasteiger partial charge < -0.3 is 10.4 Å². The fraction of sp³-hybridized carbons (Fsp3) is 0.923. The van der Waals surface area contributed by atoms with Gasteiger partial charge in [0.2, 0.25) is 0 Å². The molecule has 20 heteroatoms. The normalized spacial score (nSPS) is 15.6. The molecule has 0 aromatic carbocycles. The van der Waals surface area contributed by atoms with Crippen molar-refractivity contribution in [3.63, 3.8) is 0 Å². The van der Waals surface area contributed by atoms with Gasteiger partial charge in [0.15, 0.2) is 0 Å². The Hall–Kier alpha value is -1.76. The number of aliphatic hydroxyl groups excluding tert-OH is 1. The molecular formula is C13H10F17NO2. The predicted octanol–water partition coefficient (Wildman–Crippen LogP) is 4.88. The zero-order valence-corrected chi connectivity index (χ0v) is 15.1. The van der Waals surface area contributed by atoms with E-state index in [2.05, 4.69) is 0 Å². The van der Waals surface area contributed by atoms with Gasteiger partial charge >= 0.3 is 47.6 Å². The summed E-state index contributed by atoms with van der Waals surface area (Å²) in [5, 5.41) is 9.08. The van der Waals surface area contributed by atoms with Crippen molar-refractivity contribution < 1.29 is 84.5 Å². The van der Waals surface area contributed by atoms with Gasteiger partial charge in [-0.05, 0) is 12.8 Å². The third-order valence-electron chi connectivity index (χ3n) is 3.88. The van der Waals surface area contributed by atoms with Gasteiger partial charge in [-0.25, -0.2) is 0 Å². The number of halogens is 17. The Kier molecular flexibility index (Phi) is 8.32. The highest BCUT2D eigenvalue weighted by Crippen LogP contribution is 2.63. The van der Waals surface area contributed by atoms with Crippen LogP contribution in [-0.4, -0.2) is 71.8 Å². The lowest BCUT2D eigenvalue weighted by molar-refractivity contribution is -0.459. The molecule has 0 unspecified atom stereocenters. The summed E-state index contributed by atoms with van der Waals surface area (Å²) in [5.74, 6) is -61.5. The molecular weight excluding hydrogens is 525 g/mol. The highest BCUT2D eigenvalue weighted by atomic mass is 19.4. The minimum absolute atomic E-state index is 0.328. The molecule has 0 heterocycles. The van der Waals surface area contributed by atoms with Gasteiger partial charge in [-0.15, -0.1) is 0 Å². The maximum Gasteiger partial charge on any atom is 0.460 e. The van der Waals surface area contributed by atoms with Gasteiger partial charge in [0, 0.05) is 13.2 Å². The van der Waals surface area contributed by atoms with Crippen molar-refractivity contribution in [1.82, 2.24) is 5.32 Å². The van der Waals surface area contributed by atoms with Crippen LogP contribution in [0.1, 0.15) is 12.8 Å². The van der Waals surface area contributed by atoms with Crippen LogP contribution in [-0.2, 0) is 4.79 Å². The quantitative estimate of drug-likeness (QED) is 0.293. The van der Waals surface area contributed by atoms with Crippen LogP contribution in [0.2, 0.25) is 0 Å². The van der Waals surface area contributed by atoms with Crippen LogP contribution in [0.5, 0.6) is 0 Å². The molecule has 0 radical (unpaired) electrons. The first-order valence-electron chi connectivity index (χ1n) is 7.84. The Morgan fingerprint density at radius 1 is 0.545 bits per heavy atom. The van der Waals surface area contributed by atoms with E-state index < -0.39 is 73.1 Å². The lowest BCUT2D eigenvalue weighted by Gasteiger charge is -2.42. The van der Waals surface area contributed by atoms with Gasteiger partial charge in [0.25, 0.3) is 5.91 Å². The fourth-order valence-corrected chi connectivity index (χ4v) is 1.86. The lowest BCUT2D eigenvalue weighted by atomic mass is 9.89. The average Bonchev–Trinajstić information content (AvgIpc) is 2.62. The van der Waals surface area contributed by atoms with Crippen LogP contribution in [0.15, 0.2) is 0 Å². The van der Waals surface area contributed by atoms with Crippen LogP contribution in [0.4, 0.5) is 74.6 Å². The van der Waals surface area contributed by atoms with Crippen LogP contribution in [0.25, 0.3) is 0 Å². The number of amides is 1. The van der Waals surface area contributed by atoms with E-state index in [1.807, 2.05) is 0 Å². The third-order valence-corrected chi connectivity index (χ3v) is 3.88. The average molecular weight is 535 g/mol. The Bertz CT molecular complexity index is 700. The van der Waals surface area contributed by atoms with Crippen LogP contribution < -0.4 is 5.32 Å². The van der Waals surface area contributed by atoms with Gasteiger partial charge in [0.1, 0.15) is 0 Å². The molecule has 0 aromatic heterocycles. The van der Waals surface area contributed by atoms with Crippen molar-refractivity contribution in [2.45, 2.75) is 60.5 Å². The first-order valence-corrected chi connectivity index (χ1v) is 7.84. The largest absolute Gasteiger partial charge is 0.460 e. The summed E-state index contributed by atoms with van der Waals surface area (Å²) < 4.78 is 221. The summed E-state index contributed by atoms with van der Waals surface area (Å²) in [5.41, 5.74) is 0. The Labute approximate surface area is 170 Å². The molecule has 2 N–H and O–H groups in total. The predicted molar refractivity (Wildman–Crippen MR) is 70.0 cm³/mol. The minimum atomic E-state index is -8.74. The van der Waals surface area contributed by atoms with E-state index in [4.69, 9.17) is 5.11 Å². The van der Waals surface area contributed by atoms with E-state index in [0.717, 1.165) is 5.32 Å². The molecule has 3 nitrogen and oxygen atoms in total. The molecule has 1 amide bonds. The zero-order chi connectivity index (χ0) is 27.1. The molecule has 0 aliphatic heterocycles. The van der Waals surface area contributed by atoms with E-state index >= 15 is 0 Å². The van der Waals surface area contributed by atoms with Crippen molar-refractivity contribution in [1.29, 1.82) is 0 Å². The van der Waals surface area contributed by atoms with Crippen LogP contribution >= 0.6 is 0 Å². The summed E-state index contributed by atoms with van der Waals surface area (Å²) in [6.07, 6.45) is -8.68. The van der Waals surface area contributed by atoms with Gasteiger partial charge in [-0.2, -0.15) is 74.6 Å². The summed E-state index contributed by atoms with van der Waals surface area (Å²) in [4.78, 5) is 11.0. The molecule has 33 heavy (non-hydrogen) atoms. The summed E-state index contributed by atoms with van der Waals surface area (Å²) in [7, 11) is 0. The number of nitrogens with one attached hydrogen (secondary N) is 1. The number of hydrogen-bond donors (Lipinski definition) is 2. The third kappa shape index (κ3) is 4.50. The van der Waals surface area contributed by atoms with E-state index in [-0.39, 0.29) is 6.42 Å². The zero-order valence-electron chi connectivity index (χ0n) is 15.1. The number of carbonyl (C=O) groups excluding carboxylic acids is 1. The van der Waals surface area contributed by atoms with E-state index in [1.54, 1.807) is 0 Å². The van der Waals surface area contributed by atoms with Crippen molar-refractivity contribution >= 4 is 5.91 Å². The lowest BCUT2D eigenvalue weighted by Crippen LogP contribution is -2.75. The molecule has 0 atom stereocenters. The summed E-state index contributed by atoms with van der Waals surface area (Å²) in [6.45, 7) is -1.81. The number of aliphatic hydroxyl groups is 1. The molecule has 0 rings (SSSR count). The molecule has 0 spiro atoms. The minimum Gasteiger partial charge on any atom is -0.396 e. The molecule has 0 saturated heterocycles. The van der Waals surface area contributed by atoms with Crippen molar-refractivity contribution in [2.24, 2.45) is 0 Å². The molecule has 198 valence electrons. The van der Waals surface area contributed by atoms with Crippen molar-refractivity contribution in [3.8, 4) is 0 Å². The standard InChI is InChI=1S/C13H10F17NO2/c14-6(15,5(33)31-3-1-2-4-32)7(16,17)8(18,19)9(20,21)10(22,23)11(24,25)12(26,27)13(28,29)30/h32H,1-4H2,(H,31,33). The molecule has 0 fully saturated rings. The summed E-state index contributed by atoms with van der Waals surface area (Å²) >= 11 is 0. The van der Waals surface area contributed by atoms with Crippen LogP contribution in [0, 0.1) is 0 Å². The molecule has 0 aromatic rings. The van der Waals surface area contributed by atoms with Gasteiger partial charge in [-0.1, -0.05) is 0 Å². The fourth-order valence-electron chi connectivity index (χ4n) is 1.86.